The minimum atomic E-state index is -0.178. The standard InChI is InChI=1S/C18H27NO2/c1-3-18(10-6-7-11-18)14-19-13-16-9-5-4-8-15(16)12-17(20)21-2/h4-5,8-9,19H,3,6-7,10-14H2,1-2H3. The van der Waals surface area contributed by atoms with E-state index in [1.807, 2.05) is 18.2 Å². The van der Waals surface area contributed by atoms with Crippen LogP contribution in [0.3, 0.4) is 0 Å². The van der Waals surface area contributed by atoms with E-state index in [4.69, 9.17) is 4.74 Å². The summed E-state index contributed by atoms with van der Waals surface area (Å²) in [6, 6.07) is 8.12. The molecule has 0 aliphatic heterocycles. The largest absolute Gasteiger partial charge is 0.469 e. The van der Waals surface area contributed by atoms with Gasteiger partial charge in [-0.2, -0.15) is 0 Å². The number of carbonyl (C=O) groups is 1. The lowest BCUT2D eigenvalue weighted by Crippen LogP contribution is -2.31. The highest BCUT2D eigenvalue weighted by atomic mass is 16.5. The fraction of sp³-hybridized carbons (Fsp3) is 0.611. The van der Waals surface area contributed by atoms with Gasteiger partial charge in [-0.05, 0) is 35.8 Å². The molecule has 2 rings (SSSR count). The number of esters is 1. The normalized spacial score (nSPS) is 16.9. The molecule has 0 bridgehead atoms. The van der Waals surface area contributed by atoms with Crippen LogP contribution in [0.25, 0.3) is 0 Å². The Labute approximate surface area is 128 Å². The molecule has 21 heavy (non-hydrogen) atoms. The quantitative estimate of drug-likeness (QED) is 0.781. The lowest BCUT2D eigenvalue weighted by atomic mass is 9.83. The third-order valence-electron chi connectivity index (χ3n) is 4.91. The number of methoxy groups -OCH3 is 1. The molecule has 0 spiro atoms. The van der Waals surface area contributed by atoms with Crippen molar-refractivity contribution < 1.29 is 9.53 Å². The van der Waals surface area contributed by atoms with Gasteiger partial charge < -0.3 is 10.1 Å². The first-order chi connectivity index (χ1) is 10.2. The Morgan fingerprint density at radius 3 is 2.52 bits per heavy atom. The molecule has 0 amide bonds. The van der Waals surface area contributed by atoms with Gasteiger partial charge in [-0.15, -0.1) is 0 Å². The van der Waals surface area contributed by atoms with Crippen molar-refractivity contribution in [2.75, 3.05) is 13.7 Å². The third kappa shape index (κ3) is 4.31. The number of carbonyl (C=O) groups excluding carboxylic acids is 1. The number of nitrogens with one attached hydrogen (secondary N) is 1. The van der Waals surface area contributed by atoms with E-state index in [0.29, 0.717) is 11.8 Å². The SMILES string of the molecule is CCC1(CNCc2ccccc2CC(=O)OC)CCCC1. The zero-order chi connectivity index (χ0) is 15.1. The van der Waals surface area contributed by atoms with Gasteiger partial charge in [0.2, 0.25) is 0 Å². The molecule has 1 N–H and O–H groups in total. The minimum Gasteiger partial charge on any atom is -0.469 e. The Kier molecular flexibility index (Phi) is 5.80. The predicted octanol–water partition coefficient (Wildman–Crippen LogP) is 3.46. The molecule has 1 saturated carbocycles. The summed E-state index contributed by atoms with van der Waals surface area (Å²) in [6.45, 7) is 4.21. The molecule has 0 radical (unpaired) electrons. The van der Waals surface area contributed by atoms with Crippen LogP contribution in [0.5, 0.6) is 0 Å². The van der Waals surface area contributed by atoms with E-state index >= 15 is 0 Å². The van der Waals surface area contributed by atoms with E-state index in [1.54, 1.807) is 0 Å². The second kappa shape index (κ2) is 7.60. The van der Waals surface area contributed by atoms with E-state index in [1.165, 1.54) is 44.8 Å². The third-order valence-corrected chi connectivity index (χ3v) is 4.91. The van der Waals surface area contributed by atoms with Gasteiger partial charge in [0, 0.05) is 13.1 Å². The summed E-state index contributed by atoms with van der Waals surface area (Å²) >= 11 is 0. The highest BCUT2D eigenvalue weighted by Gasteiger charge is 2.31. The number of hydrogen-bond acceptors (Lipinski definition) is 3. The van der Waals surface area contributed by atoms with E-state index in [-0.39, 0.29) is 5.97 Å². The van der Waals surface area contributed by atoms with Gasteiger partial charge in [0.1, 0.15) is 0 Å². The first-order valence-electron chi connectivity index (χ1n) is 8.03. The van der Waals surface area contributed by atoms with E-state index in [2.05, 4.69) is 18.3 Å². The minimum absolute atomic E-state index is 0.178. The van der Waals surface area contributed by atoms with Crippen LogP contribution >= 0.6 is 0 Å². The molecular weight excluding hydrogens is 262 g/mol. The predicted molar refractivity (Wildman–Crippen MR) is 85.1 cm³/mol. The summed E-state index contributed by atoms with van der Waals surface area (Å²) in [7, 11) is 1.44. The van der Waals surface area contributed by atoms with Crippen molar-refractivity contribution in [1.82, 2.24) is 5.32 Å². The molecular formula is C18H27NO2. The molecule has 3 nitrogen and oxygen atoms in total. The molecule has 1 aliphatic carbocycles. The molecule has 1 aromatic rings. The number of ether oxygens (including phenoxy) is 1. The zero-order valence-corrected chi connectivity index (χ0v) is 13.3. The van der Waals surface area contributed by atoms with Crippen LogP contribution in [0.4, 0.5) is 0 Å². The van der Waals surface area contributed by atoms with E-state index in [9.17, 15) is 4.79 Å². The monoisotopic (exact) mass is 289 g/mol. The summed E-state index contributed by atoms with van der Waals surface area (Å²) in [5, 5.41) is 3.61. The highest BCUT2D eigenvalue weighted by Crippen LogP contribution is 2.40. The second-order valence-electron chi connectivity index (χ2n) is 6.19. The molecule has 0 heterocycles. The van der Waals surface area contributed by atoms with Crippen molar-refractivity contribution in [2.45, 2.75) is 52.0 Å². The fourth-order valence-corrected chi connectivity index (χ4v) is 3.37. The maximum absolute atomic E-state index is 11.5. The molecule has 0 atom stereocenters. The smallest absolute Gasteiger partial charge is 0.309 e. The van der Waals surface area contributed by atoms with Crippen molar-refractivity contribution >= 4 is 5.97 Å². The second-order valence-corrected chi connectivity index (χ2v) is 6.19. The van der Waals surface area contributed by atoms with Crippen molar-refractivity contribution in [2.24, 2.45) is 5.41 Å². The lowest BCUT2D eigenvalue weighted by molar-refractivity contribution is -0.139. The number of rotatable bonds is 7. The van der Waals surface area contributed by atoms with Gasteiger partial charge in [-0.1, -0.05) is 44.0 Å². The molecule has 1 aromatic carbocycles. The maximum Gasteiger partial charge on any atom is 0.309 e. The average Bonchev–Trinajstić information content (AvgIpc) is 2.98. The topological polar surface area (TPSA) is 38.3 Å². The van der Waals surface area contributed by atoms with Crippen LogP contribution in [-0.2, 0) is 22.5 Å². The Morgan fingerprint density at radius 1 is 1.24 bits per heavy atom. The van der Waals surface area contributed by atoms with Crippen LogP contribution in [0.15, 0.2) is 24.3 Å². The molecule has 116 valence electrons. The molecule has 1 aliphatic rings. The molecule has 0 saturated heterocycles. The highest BCUT2D eigenvalue weighted by molar-refractivity contribution is 5.72. The summed E-state index contributed by atoms with van der Waals surface area (Å²) in [5.74, 6) is -0.178. The molecule has 1 fully saturated rings. The van der Waals surface area contributed by atoms with Gasteiger partial charge in [0.05, 0.1) is 13.5 Å². The zero-order valence-electron chi connectivity index (χ0n) is 13.3. The molecule has 3 heteroatoms. The fourth-order valence-electron chi connectivity index (χ4n) is 3.37. The van der Waals surface area contributed by atoms with Crippen molar-refractivity contribution in [3.8, 4) is 0 Å². The van der Waals surface area contributed by atoms with Gasteiger partial charge in [0.15, 0.2) is 0 Å². The maximum atomic E-state index is 11.5. The first-order valence-corrected chi connectivity index (χ1v) is 8.03. The van der Waals surface area contributed by atoms with E-state index in [0.717, 1.165) is 18.7 Å². The summed E-state index contributed by atoms with van der Waals surface area (Å²) in [4.78, 5) is 11.5. The van der Waals surface area contributed by atoms with E-state index < -0.39 is 0 Å². The van der Waals surface area contributed by atoms with Crippen molar-refractivity contribution in [3.05, 3.63) is 35.4 Å². The Hall–Kier alpha value is -1.35. The Balaban J connectivity index is 1.92. The summed E-state index contributed by atoms with van der Waals surface area (Å²) < 4.78 is 4.77. The number of benzene rings is 1. The first kappa shape index (κ1) is 16.0. The van der Waals surface area contributed by atoms with Gasteiger partial charge in [-0.25, -0.2) is 0 Å². The summed E-state index contributed by atoms with van der Waals surface area (Å²) in [5.41, 5.74) is 2.76. The van der Waals surface area contributed by atoms with Crippen LogP contribution in [-0.4, -0.2) is 19.6 Å². The van der Waals surface area contributed by atoms with Crippen LogP contribution in [0, 0.1) is 5.41 Å². The van der Waals surface area contributed by atoms with Gasteiger partial charge >= 0.3 is 5.97 Å². The van der Waals surface area contributed by atoms with Crippen molar-refractivity contribution in [1.29, 1.82) is 0 Å². The van der Waals surface area contributed by atoms with Gasteiger partial charge in [-0.3, -0.25) is 4.79 Å². The molecule has 0 aromatic heterocycles. The van der Waals surface area contributed by atoms with Crippen LogP contribution in [0.2, 0.25) is 0 Å². The van der Waals surface area contributed by atoms with Crippen molar-refractivity contribution in [3.63, 3.8) is 0 Å². The van der Waals surface area contributed by atoms with Crippen LogP contribution in [0.1, 0.15) is 50.2 Å². The lowest BCUT2D eigenvalue weighted by Gasteiger charge is -2.28. The average molecular weight is 289 g/mol. The van der Waals surface area contributed by atoms with Gasteiger partial charge in [0.25, 0.3) is 0 Å². The number of hydrogen-bond donors (Lipinski definition) is 1. The van der Waals surface area contributed by atoms with Crippen LogP contribution < -0.4 is 5.32 Å². The molecule has 0 unspecified atom stereocenters. The Morgan fingerprint density at radius 2 is 1.90 bits per heavy atom. The summed E-state index contributed by atoms with van der Waals surface area (Å²) in [6.07, 6.45) is 7.04. The Bertz CT molecular complexity index is 464.